The summed E-state index contributed by atoms with van der Waals surface area (Å²) in [4.78, 5) is 16.2. The Morgan fingerprint density at radius 3 is 3.17 bits per heavy atom. The van der Waals surface area contributed by atoms with Gasteiger partial charge in [-0.1, -0.05) is 6.42 Å². The first kappa shape index (κ1) is 13.8. The van der Waals surface area contributed by atoms with Gasteiger partial charge >= 0.3 is 0 Å². The van der Waals surface area contributed by atoms with E-state index in [2.05, 4.69) is 10.3 Å². The summed E-state index contributed by atoms with van der Waals surface area (Å²) in [5.41, 5.74) is 6.00. The zero-order valence-electron chi connectivity index (χ0n) is 10.4. The van der Waals surface area contributed by atoms with Gasteiger partial charge in [0.15, 0.2) is 0 Å². The predicted octanol–water partition coefficient (Wildman–Crippen LogP) is 1.66. The number of nitrogens with one attached hydrogen (secondary N) is 1. The number of thioether (sulfide) groups is 1. The molecular weight excluding hydrogens is 266 g/mol. The fourth-order valence-corrected chi connectivity index (χ4v) is 3.95. The summed E-state index contributed by atoms with van der Waals surface area (Å²) < 4.78 is 0. The van der Waals surface area contributed by atoms with Gasteiger partial charge in [-0.25, -0.2) is 4.98 Å². The molecule has 18 heavy (non-hydrogen) atoms. The number of thiazole rings is 1. The highest BCUT2D eigenvalue weighted by Crippen LogP contribution is 2.24. The summed E-state index contributed by atoms with van der Waals surface area (Å²) >= 11 is 3.47. The van der Waals surface area contributed by atoms with Crippen molar-refractivity contribution in [1.82, 2.24) is 10.3 Å². The number of carbonyl (C=O) groups excluding carboxylic acids is 1. The number of hydrogen-bond donors (Lipinski definition) is 2. The van der Waals surface area contributed by atoms with E-state index < -0.39 is 0 Å². The fourth-order valence-electron chi connectivity index (χ4n) is 1.92. The number of nitrogens with two attached hydrogens (primary N) is 1. The van der Waals surface area contributed by atoms with Gasteiger partial charge in [0.25, 0.3) is 5.91 Å². The van der Waals surface area contributed by atoms with Crippen LogP contribution in [-0.2, 0) is 6.42 Å². The molecule has 1 saturated heterocycles. The summed E-state index contributed by atoms with van der Waals surface area (Å²) in [6, 6.07) is 0. The maximum Gasteiger partial charge on any atom is 0.270 e. The molecule has 1 aromatic rings. The quantitative estimate of drug-likeness (QED) is 0.863. The molecule has 0 bridgehead atoms. The lowest BCUT2D eigenvalue weighted by Crippen LogP contribution is -2.32. The molecule has 1 amide bonds. The Morgan fingerprint density at radius 1 is 1.56 bits per heavy atom. The fraction of sp³-hybridized carbons (Fsp3) is 0.667. The summed E-state index contributed by atoms with van der Waals surface area (Å²) in [5.74, 6) is 1.17. The number of aromatic nitrogens is 1. The molecule has 0 aromatic carbocycles. The zero-order chi connectivity index (χ0) is 12.8. The number of hydrogen-bond acceptors (Lipinski definition) is 5. The van der Waals surface area contributed by atoms with E-state index in [-0.39, 0.29) is 5.91 Å². The van der Waals surface area contributed by atoms with E-state index in [1.807, 2.05) is 17.1 Å². The lowest BCUT2D eigenvalue weighted by molar-refractivity contribution is 0.0949. The molecule has 1 atom stereocenters. The third-order valence-corrected chi connectivity index (χ3v) is 5.21. The van der Waals surface area contributed by atoms with Crippen LogP contribution in [0.3, 0.4) is 0 Å². The molecule has 0 aliphatic carbocycles. The van der Waals surface area contributed by atoms with Crippen molar-refractivity contribution in [3.63, 3.8) is 0 Å². The Bertz CT molecular complexity index is 388. The maximum atomic E-state index is 11.9. The van der Waals surface area contributed by atoms with Crippen LogP contribution in [0, 0.1) is 0 Å². The summed E-state index contributed by atoms with van der Waals surface area (Å²) in [5, 5.41) is 6.30. The van der Waals surface area contributed by atoms with Crippen molar-refractivity contribution in [2.45, 2.75) is 30.9 Å². The molecule has 3 N–H and O–H groups in total. The molecule has 1 fully saturated rings. The standard InChI is InChI=1S/C12H19N3OS2/c13-5-4-11-15-10(8-18-11)12(16)14-7-9-3-1-2-6-17-9/h8-9H,1-7,13H2,(H,14,16). The molecule has 0 radical (unpaired) electrons. The minimum atomic E-state index is -0.0549. The van der Waals surface area contributed by atoms with E-state index >= 15 is 0 Å². The average Bonchev–Trinajstić information content (AvgIpc) is 2.86. The van der Waals surface area contributed by atoms with E-state index in [1.54, 1.807) is 0 Å². The van der Waals surface area contributed by atoms with Crippen molar-refractivity contribution >= 4 is 29.0 Å². The van der Waals surface area contributed by atoms with Gasteiger partial charge in [-0.15, -0.1) is 11.3 Å². The van der Waals surface area contributed by atoms with Crippen LogP contribution in [0.5, 0.6) is 0 Å². The molecule has 1 aromatic heterocycles. The molecule has 0 spiro atoms. The van der Waals surface area contributed by atoms with Crippen LogP contribution >= 0.6 is 23.1 Å². The first-order valence-corrected chi connectivity index (χ1v) is 8.26. The Morgan fingerprint density at radius 2 is 2.44 bits per heavy atom. The van der Waals surface area contributed by atoms with E-state index in [1.165, 1.54) is 36.4 Å². The van der Waals surface area contributed by atoms with Crippen molar-refractivity contribution in [1.29, 1.82) is 0 Å². The lowest BCUT2D eigenvalue weighted by Gasteiger charge is -2.21. The van der Waals surface area contributed by atoms with Gasteiger partial charge in [0.1, 0.15) is 5.69 Å². The SMILES string of the molecule is NCCc1nc(C(=O)NCC2CCCCS2)cs1. The first-order chi connectivity index (χ1) is 8.79. The molecule has 100 valence electrons. The third-order valence-electron chi connectivity index (χ3n) is 2.91. The molecule has 2 rings (SSSR count). The molecular formula is C12H19N3OS2. The zero-order valence-corrected chi connectivity index (χ0v) is 12.0. The van der Waals surface area contributed by atoms with Crippen LogP contribution in [-0.4, -0.2) is 35.0 Å². The second kappa shape index (κ2) is 7.11. The Balaban J connectivity index is 1.79. The largest absolute Gasteiger partial charge is 0.350 e. The topological polar surface area (TPSA) is 68.0 Å². The highest BCUT2D eigenvalue weighted by Gasteiger charge is 2.16. The van der Waals surface area contributed by atoms with Crippen LogP contribution in [0.25, 0.3) is 0 Å². The molecule has 4 nitrogen and oxygen atoms in total. The van der Waals surface area contributed by atoms with Crippen LogP contribution < -0.4 is 11.1 Å². The summed E-state index contributed by atoms with van der Waals surface area (Å²) in [7, 11) is 0. The van der Waals surface area contributed by atoms with Gasteiger partial charge in [0.05, 0.1) is 5.01 Å². The van der Waals surface area contributed by atoms with Crippen molar-refractivity contribution < 1.29 is 4.79 Å². The Hall–Kier alpha value is -0.590. The first-order valence-electron chi connectivity index (χ1n) is 6.34. The van der Waals surface area contributed by atoms with Crippen molar-refractivity contribution in [3.05, 3.63) is 16.1 Å². The number of rotatable bonds is 5. The van der Waals surface area contributed by atoms with Gasteiger partial charge in [-0.2, -0.15) is 11.8 Å². The van der Waals surface area contributed by atoms with Crippen LogP contribution in [0.2, 0.25) is 0 Å². The van der Waals surface area contributed by atoms with Crippen molar-refractivity contribution in [2.75, 3.05) is 18.8 Å². The van der Waals surface area contributed by atoms with Gasteiger partial charge in [-0.3, -0.25) is 4.79 Å². The Kier molecular flexibility index (Phi) is 5.46. The van der Waals surface area contributed by atoms with Gasteiger partial charge in [0, 0.05) is 23.6 Å². The summed E-state index contributed by atoms with van der Waals surface area (Å²) in [6.07, 6.45) is 4.55. The van der Waals surface area contributed by atoms with Crippen molar-refractivity contribution in [3.8, 4) is 0 Å². The minimum Gasteiger partial charge on any atom is -0.350 e. The van der Waals surface area contributed by atoms with Gasteiger partial charge in [-0.05, 0) is 25.1 Å². The molecule has 1 aliphatic rings. The monoisotopic (exact) mass is 285 g/mol. The van der Waals surface area contributed by atoms with E-state index in [4.69, 9.17) is 5.73 Å². The van der Waals surface area contributed by atoms with E-state index in [9.17, 15) is 4.79 Å². The molecule has 6 heteroatoms. The predicted molar refractivity (Wildman–Crippen MR) is 77.3 cm³/mol. The number of carbonyl (C=O) groups is 1. The maximum absolute atomic E-state index is 11.9. The van der Waals surface area contributed by atoms with Crippen LogP contribution in [0.4, 0.5) is 0 Å². The average molecular weight is 285 g/mol. The molecule has 1 unspecified atom stereocenters. The van der Waals surface area contributed by atoms with Crippen molar-refractivity contribution in [2.24, 2.45) is 5.73 Å². The summed E-state index contributed by atoms with van der Waals surface area (Å²) in [6.45, 7) is 1.33. The molecule has 0 saturated carbocycles. The normalized spacial score (nSPS) is 19.7. The number of amides is 1. The lowest BCUT2D eigenvalue weighted by atomic mass is 10.2. The molecule has 1 aliphatic heterocycles. The smallest absolute Gasteiger partial charge is 0.270 e. The van der Waals surface area contributed by atoms with E-state index in [0.29, 0.717) is 17.5 Å². The van der Waals surface area contributed by atoms with Gasteiger partial charge in [0.2, 0.25) is 0 Å². The second-order valence-corrected chi connectivity index (χ2v) is 6.71. The molecule has 2 heterocycles. The number of nitrogens with zero attached hydrogens (tertiary/aromatic N) is 1. The highest BCUT2D eigenvalue weighted by molar-refractivity contribution is 7.99. The van der Waals surface area contributed by atoms with E-state index in [0.717, 1.165) is 18.0 Å². The van der Waals surface area contributed by atoms with Crippen LogP contribution in [0.1, 0.15) is 34.8 Å². The third kappa shape index (κ3) is 3.96. The van der Waals surface area contributed by atoms with Gasteiger partial charge < -0.3 is 11.1 Å². The minimum absolute atomic E-state index is 0.0549. The highest BCUT2D eigenvalue weighted by atomic mass is 32.2. The second-order valence-electron chi connectivity index (χ2n) is 4.36. The van der Waals surface area contributed by atoms with Crippen LogP contribution in [0.15, 0.2) is 5.38 Å². The Labute approximate surface area is 116 Å².